The molecule has 1 rings (SSSR count). The monoisotopic (exact) mass is 224 g/mol. The number of nitrogens with one attached hydrogen (secondary N) is 2. The van der Waals surface area contributed by atoms with Gasteiger partial charge in [0.25, 0.3) is 0 Å². The summed E-state index contributed by atoms with van der Waals surface area (Å²) in [7, 11) is 0. The van der Waals surface area contributed by atoms with E-state index in [2.05, 4.69) is 24.1 Å². The highest BCUT2D eigenvalue weighted by Crippen LogP contribution is 2.23. The van der Waals surface area contributed by atoms with Crippen molar-refractivity contribution >= 4 is 5.91 Å². The van der Waals surface area contributed by atoms with Gasteiger partial charge in [-0.3, -0.25) is 4.79 Å². The molecule has 2 N–H and O–H groups in total. The molecule has 1 aliphatic carbocycles. The average molecular weight is 224 g/mol. The van der Waals surface area contributed by atoms with Crippen LogP contribution in [0.15, 0.2) is 12.7 Å². The van der Waals surface area contributed by atoms with Crippen molar-refractivity contribution in [3.8, 4) is 0 Å². The molecule has 0 aromatic carbocycles. The second-order valence-corrected chi connectivity index (χ2v) is 4.88. The van der Waals surface area contributed by atoms with Gasteiger partial charge in [0.2, 0.25) is 5.91 Å². The van der Waals surface area contributed by atoms with Crippen LogP contribution in [-0.2, 0) is 4.79 Å². The van der Waals surface area contributed by atoms with Crippen LogP contribution in [-0.4, -0.2) is 24.5 Å². The largest absolute Gasteiger partial charge is 0.351 e. The minimum atomic E-state index is -0.0987. The van der Waals surface area contributed by atoms with Gasteiger partial charge in [0.1, 0.15) is 0 Å². The van der Waals surface area contributed by atoms with Crippen molar-refractivity contribution in [3.63, 3.8) is 0 Å². The van der Waals surface area contributed by atoms with Crippen molar-refractivity contribution in [2.45, 2.75) is 51.6 Å². The molecular weight excluding hydrogens is 200 g/mol. The fourth-order valence-electron chi connectivity index (χ4n) is 2.18. The van der Waals surface area contributed by atoms with Gasteiger partial charge in [-0.05, 0) is 38.5 Å². The summed E-state index contributed by atoms with van der Waals surface area (Å²) >= 11 is 0. The van der Waals surface area contributed by atoms with Crippen LogP contribution in [0.25, 0.3) is 0 Å². The van der Waals surface area contributed by atoms with Gasteiger partial charge in [-0.25, -0.2) is 0 Å². The Morgan fingerprint density at radius 3 is 2.62 bits per heavy atom. The Balaban J connectivity index is 2.25. The van der Waals surface area contributed by atoms with Crippen LogP contribution in [0.3, 0.4) is 0 Å². The lowest BCUT2D eigenvalue weighted by Crippen LogP contribution is -2.47. The van der Waals surface area contributed by atoms with Crippen LogP contribution >= 0.6 is 0 Å². The highest BCUT2D eigenvalue weighted by atomic mass is 16.2. The Kier molecular flexibility index (Phi) is 5.53. The van der Waals surface area contributed by atoms with Gasteiger partial charge in [0.15, 0.2) is 0 Å². The van der Waals surface area contributed by atoms with E-state index in [1.54, 1.807) is 6.08 Å². The number of hydrogen-bond acceptors (Lipinski definition) is 2. The van der Waals surface area contributed by atoms with Crippen LogP contribution in [0.4, 0.5) is 0 Å². The van der Waals surface area contributed by atoms with Crippen molar-refractivity contribution in [2.75, 3.05) is 6.54 Å². The molecule has 1 saturated carbocycles. The van der Waals surface area contributed by atoms with Gasteiger partial charge in [0, 0.05) is 12.6 Å². The van der Waals surface area contributed by atoms with Gasteiger partial charge >= 0.3 is 0 Å². The van der Waals surface area contributed by atoms with Crippen LogP contribution in [0.1, 0.15) is 39.5 Å². The molecule has 16 heavy (non-hydrogen) atoms. The van der Waals surface area contributed by atoms with Gasteiger partial charge < -0.3 is 10.6 Å². The number of carbonyl (C=O) groups excluding carboxylic acids is 1. The van der Waals surface area contributed by atoms with E-state index in [-0.39, 0.29) is 11.9 Å². The predicted octanol–water partition coefficient (Wildman–Crippen LogP) is 1.85. The second kappa shape index (κ2) is 6.69. The summed E-state index contributed by atoms with van der Waals surface area (Å²) in [4.78, 5) is 11.6. The molecule has 92 valence electrons. The van der Waals surface area contributed by atoms with E-state index in [4.69, 9.17) is 0 Å². The number of hydrogen-bond donors (Lipinski definition) is 2. The van der Waals surface area contributed by atoms with E-state index in [0.717, 1.165) is 5.92 Å². The van der Waals surface area contributed by atoms with Crippen LogP contribution in [0.5, 0.6) is 0 Å². The zero-order chi connectivity index (χ0) is 12.0. The lowest BCUT2D eigenvalue weighted by Gasteiger charge is -2.29. The van der Waals surface area contributed by atoms with E-state index in [9.17, 15) is 4.79 Å². The number of rotatable bonds is 5. The number of amides is 1. The first-order valence-electron chi connectivity index (χ1n) is 6.28. The quantitative estimate of drug-likeness (QED) is 0.700. The molecule has 0 radical (unpaired) electrons. The van der Waals surface area contributed by atoms with E-state index < -0.39 is 0 Å². The van der Waals surface area contributed by atoms with Crippen LogP contribution < -0.4 is 10.6 Å². The average Bonchev–Trinajstić information content (AvgIpc) is 2.29. The first kappa shape index (κ1) is 13.2. The molecular formula is C13H24N2O. The van der Waals surface area contributed by atoms with E-state index in [1.165, 1.54) is 25.7 Å². The molecule has 3 heteroatoms. The molecule has 0 aromatic heterocycles. The normalized spacial score (nSPS) is 27.1. The third-order valence-electron chi connectivity index (χ3n) is 3.32. The summed E-state index contributed by atoms with van der Waals surface area (Å²) in [5.41, 5.74) is 0. The zero-order valence-corrected chi connectivity index (χ0v) is 10.5. The maximum Gasteiger partial charge on any atom is 0.237 e. The topological polar surface area (TPSA) is 41.1 Å². The highest BCUT2D eigenvalue weighted by Gasteiger charge is 2.21. The third-order valence-corrected chi connectivity index (χ3v) is 3.32. The fraction of sp³-hybridized carbons (Fsp3) is 0.769. The molecule has 0 heterocycles. The summed E-state index contributed by atoms with van der Waals surface area (Å²) in [5, 5.41) is 6.21. The first-order chi connectivity index (χ1) is 7.63. The summed E-state index contributed by atoms with van der Waals surface area (Å²) in [6.07, 6.45) is 6.64. The molecule has 0 spiro atoms. The minimum absolute atomic E-state index is 0.0681. The standard InChI is InChI=1S/C13H24N2O/c1-4-9-14-13(16)11(3)15-12-7-5-10(2)6-8-12/h4,10-12,15H,1,5-9H2,2-3H3,(H,14,16). The smallest absolute Gasteiger partial charge is 0.237 e. The molecule has 1 unspecified atom stereocenters. The molecule has 0 aliphatic heterocycles. The van der Waals surface area contributed by atoms with E-state index in [0.29, 0.717) is 12.6 Å². The Hall–Kier alpha value is -0.830. The van der Waals surface area contributed by atoms with Gasteiger partial charge in [-0.15, -0.1) is 6.58 Å². The first-order valence-corrected chi connectivity index (χ1v) is 6.28. The van der Waals surface area contributed by atoms with Crippen molar-refractivity contribution in [3.05, 3.63) is 12.7 Å². The Morgan fingerprint density at radius 2 is 2.06 bits per heavy atom. The summed E-state index contributed by atoms with van der Waals surface area (Å²) in [5.74, 6) is 0.918. The summed E-state index contributed by atoms with van der Waals surface area (Å²) in [6.45, 7) is 8.36. The van der Waals surface area contributed by atoms with Crippen molar-refractivity contribution in [1.29, 1.82) is 0 Å². The summed E-state index contributed by atoms with van der Waals surface area (Å²) in [6, 6.07) is 0.416. The third kappa shape index (κ3) is 4.35. The molecule has 0 bridgehead atoms. The fourth-order valence-corrected chi connectivity index (χ4v) is 2.18. The molecule has 0 saturated heterocycles. The minimum Gasteiger partial charge on any atom is -0.351 e. The van der Waals surface area contributed by atoms with Crippen molar-refractivity contribution in [1.82, 2.24) is 10.6 Å². The second-order valence-electron chi connectivity index (χ2n) is 4.88. The molecule has 1 fully saturated rings. The molecule has 1 atom stereocenters. The maximum atomic E-state index is 11.6. The van der Waals surface area contributed by atoms with Crippen molar-refractivity contribution in [2.24, 2.45) is 5.92 Å². The Bertz CT molecular complexity index is 232. The highest BCUT2D eigenvalue weighted by molar-refractivity contribution is 5.81. The SMILES string of the molecule is C=CCNC(=O)C(C)NC1CCC(C)CC1. The van der Waals surface area contributed by atoms with Gasteiger partial charge in [-0.1, -0.05) is 13.0 Å². The van der Waals surface area contributed by atoms with E-state index in [1.807, 2.05) is 6.92 Å². The van der Waals surface area contributed by atoms with Gasteiger partial charge in [0.05, 0.1) is 6.04 Å². The molecule has 0 aromatic rings. The molecule has 1 amide bonds. The predicted molar refractivity (Wildman–Crippen MR) is 67.2 cm³/mol. The van der Waals surface area contributed by atoms with E-state index >= 15 is 0 Å². The Morgan fingerprint density at radius 1 is 1.44 bits per heavy atom. The maximum absolute atomic E-state index is 11.6. The number of carbonyl (C=O) groups is 1. The van der Waals surface area contributed by atoms with Crippen molar-refractivity contribution < 1.29 is 4.79 Å². The van der Waals surface area contributed by atoms with Gasteiger partial charge in [-0.2, -0.15) is 0 Å². The zero-order valence-electron chi connectivity index (χ0n) is 10.5. The molecule has 3 nitrogen and oxygen atoms in total. The van der Waals surface area contributed by atoms with Crippen LogP contribution in [0, 0.1) is 5.92 Å². The molecule has 1 aliphatic rings. The lowest BCUT2D eigenvalue weighted by atomic mass is 9.87. The van der Waals surface area contributed by atoms with Crippen LogP contribution in [0.2, 0.25) is 0 Å². The lowest BCUT2D eigenvalue weighted by molar-refractivity contribution is -0.122. The Labute approximate surface area is 98.7 Å². The summed E-state index contributed by atoms with van der Waals surface area (Å²) < 4.78 is 0.